The van der Waals surface area contributed by atoms with Crippen molar-refractivity contribution in [3.63, 3.8) is 0 Å². The van der Waals surface area contributed by atoms with Crippen LogP contribution in [0.3, 0.4) is 0 Å². The number of hydrogen-bond donors (Lipinski definition) is 3. The molecular formula is C14H25ClN4O. The lowest BCUT2D eigenvalue weighted by Crippen LogP contribution is -2.51. The van der Waals surface area contributed by atoms with Crippen LogP contribution in [0.5, 0.6) is 0 Å². The van der Waals surface area contributed by atoms with Gasteiger partial charge in [-0.2, -0.15) is 5.10 Å². The Balaban J connectivity index is 0.00000200. The highest BCUT2D eigenvalue weighted by Crippen LogP contribution is 2.29. The van der Waals surface area contributed by atoms with Crippen LogP contribution in [0, 0.1) is 0 Å². The minimum Gasteiger partial charge on any atom is -0.344 e. The van der Waals surface area contributed by atoms with Gasteiger partial charge >= 0.3 is 0 Å². The molecule has 4 N–H and O–H groups in total. The van der Waals surface area contributed by atoms with Gasteiger partial charge < -0.3 is 11.1 Å². The molecule has 1 aliphatic rings. The number of nitrogens with two attached hydrogens (primary N) is 1. The summed E-state index contributed by atoms with van der Waals surface area (Å²) in [5.74, 6) is -0.126. The van der Waals surface area contributed by atoms with E-state index < -0.39 is 0 Å². The fourth-order valence-corrected chi connectivity index (χ4v) is 2.56. The summed E-state index contributed by atoms with van der Waals surface area (Å²) in [6.45, 7) is 6.75. The van der Waals surface area contributed by atoms with Crippen LogP contribution in [0.4, 0.5) is 0 Å². The molecule has 0 aliphatic heterocycles. The van der Waals surface area contributed by atoms with Crippen LogP contribution in [0.25, 0.3) is 0 Å². The Morgan fingerprint density at radius 2 is 2.05 bits per heavy atom. The Hall–Kier alpha value is -1.07. The fraction of sp³-hybridized carbons (Fsp3) is 0.714. The molecule has 0 radical (unpaired) electrons. The molecule has 0 unspecified atom stereocenters. The zero-order valence-electron chi connectivity index (χ0n) is 12.5. The van der Waals surface area contributed by atoms with E-state index in [2.05, 4.69) is 36.3 Å². The van der Waals surface area contributed by atoms with E-state index in [1.165, 1.54) is 0 Å². The Morgan fingerprint density at radius 1 is 1.45 bits per heavy atom. The fourth-order valence-electron chi connectivity index (χ4n) is 2.56. The number of aromatic nitrogens is 2. The predicted molar refractivity (Wildman–Crippen MR) is 82.3 cm³/mol. The van der Waals surface area contributed by atoms with Crippen molar-refractivity contribution >= 4 is 18.3 Å². The number of amides is 1. The van der Waals surface area contributed by atoms with E-state index in [9.17, 15) is 4.79 Å². The first-order valence-electron chi connectivity index (χ1n) is 6.95. The lowest BCUT2D eigenvalue weighted by molar-refractivity contribution is 0.0898. The Morgan fingerprint density at radius 3 is 2.50 bits per heavy atom. The van der Waals surface area contributed by atoms with Gasteiger partial charge in [-0.1, -0.05) is 33.6 Å². The van der Waals surface area contributed by atoms with E-state index >= 15 is 0 Å². The van der Waals surface area contributed by atoms with Crippen LogP contribution in [-0.2, 0) is 5.41 Å². The largest absolute Gasteiger partial charge is 0.344 e. The van der Waals surface area contributed by atoms with Gasteiger partial charge in [-0.15, -0.1) is 12.4 Å². The zero-order chi connectivity index (χ0) is 14.1. The van der Waals surface area contributed by atoms with E-state index in [0.29, 0.717) is 12.2 Å². The van der Waals surface area contributed by atoms with Crippen molar-refractivity contribution in [1.82, 2.24) is 15.5 Å². The molecule has 1 aromatic heterocycles. The molecule has 1 heterocycles. The first-order valence-corrected chi connectivity index (χ1v) is 6.95. The number of carbonyl (C=O) groups is 1. The molecule has 0 saturated heterocycles. The molecule has 1 aromatic rings. The van der Waals surface area contributed by atoms with Crippen LogP contribution >= 0.6 is 12.4 Å². The summed E-state index contributed by atoms with van der Waals surface area (Å²) in [6, 6.07) is 1.83. The van der Waals surface area contributed by atoms with E-state index in [1.54, 1.807) is 0 Å². The monoisotopic (exact) mass is 300 g/mol. The van der Waals surface area contributed by atoms with Gasteiger partial charge in [-0.25, -0.2) is 0 Å². The van der Waals surface area contributed by atoms with Gasteiger partial charge in [0.25, 0.3) is 5.91 Å². The summed E-state index contributed by atoms with van der Waals surface area (Å²) in [5, 5.41) is 10.1. The lowest BCUT2D eigenvalue weighted by Gasteiger charge is -2.28. The van der Waals surface area contributed by atoms with Crippen molar-refractivity contribution < 1.29 is 4.79 Å². The van der Waals surface area contributed by atoms with Crippen molar-refractivity contribution in [3.05, 3.63) is 17.5 Å². The predicted octanol–water partition coefficient (Wildman–Crippen LogP) is 2.13. The van der Waals surface area contributed by atoms with Crippen LogP contribution in [0.1, 0.15) is 62.6 Å². The molecule has 0 atom stereocenters. The van der Waals surface area contributed by atoms with Crippen LogP contribution in [-0.4, -0.2) is 28.2 Å². The maximum atomic E-state index is 12.3. The molecule has 20 heavy (non-hydrogen) atoms. The summed E-state index contributed by atoms with van der Waals surface area (Å²) >= 11 is 0. The highest BCUT2D eigenvalue weighted by Gasteiger charge is 2.34. The van der Waals surface area contributed by atoms with Gasteiger partial charge in [0.1, 0.15) is 5.69 Å². The summed E-state index contributed by atoms with van der Waals surface area (Å²) in [5.41, 5.74) is 6.98. The molecule has 6 heteroatoms. The quantitative estimate of drug-likeness (QED) is 0.799. The van der Waals surface area contributed by atoms with Crippen LogP contribution in [0.15, 0.2) is 6.07 Å². The second-order valence-electron chi connectivity index (χ2n) is 6.56. The number of halogens is 1. The van der Waals surface area contributed by atoms with Crippen molar-refractivity contribution in [2.75, 3.05) is 6.54 Å². The summed E-state index contributed by atoms with van der Waals surface area (Å²) in [7, 11) is 0. The average Bonchev–Trinajstić information content (AvgIpc) is 2.97. The normalized spacial score (nSPS) is 17.6. The first kappa shape index (κ1) is 17.0. The summed E-state index contributed by atoms with van der Waals surface area (Å²) in [4.78, 5) is 12.3. The molecule has 2 rings (SSSR count). The molecular weight excluding hydrogens is 276 g/mol. The van der Waals surface area contributed by atoms with Crippen LogP contribution < -0.4 is 11.1 Å². The molecule has 1 fully saturated rings. The third-order valence-corrected chi connectivity index (χ3v) is 3.95. The van der Waals surface area contributed by atoms with Gasteiger partial charge in [0.2, 0.25) is 0 Å². The third-order valence-electron chi connectivity index (χ3n) is 3.95. The smallest absolute Gasteiger partial charge is 0.272 e. The molecule has 1 saturated carbocycles. The Bertz CT molecular complexity index is 458. The maximum Gasteiger partial charge on any atom is 0.272 e. The summed E-state index contributed by atoms with van der Waals surface area (Å²) in [6.07, 6.45) is 4.19. The Kier molecular flexibility index (Phi) is 5.21. The standard InChI is InChI=1S/C14H24N4O.ClH/c1-13(2,3)11-8-10(17-18-11)12(19)16-14(9-15)6-4-5-7-14;/h8H,4-7,9,15H2,1-3H3,(H,16,19)(H,17,18);1H. The van der Waals surface area contributed by atoms with Gasteiger partial charge in [0, 0.05) is 17.7 Å². The highest BCUT2D eigenvalue weighted by atomic mass is 35.5. The average molecular weight is 301 g/mol. The second-order valence-corrected chi connectivity index (χ2v) is 6.56. The second kappa shape index (κ2) is 6.14. The van der Waals surface area contributed by atoms with E-state index in [1.807, 2.05) is 6.07 Å². The number of rotatable bonds is 3. The molecule has 0 bridgehead atoms. The lowest BCUT2D eigenvalue weighted by atomic mass is 9.92. The van der Waals surface area contributed by atoms with Gasteiger partial charge in [-0.05, 0) is 18.9 Å². The van der Waals surface area contributed by atoms with Gasteiger partial charge in [-0.3, -0.25) is 9.89 Å². The zero-order valence-corrected chi connectivity index (χ0v) is 13.3. The number of carbonyl (C=O) groups excluding carboxylic acids is 1. The third kappa shape index (κ3) is 3.52. The molecule has 0 spiro atoms. The van der Waals surface area contributed by atoms with Crippen molar-refractivity contribution in [1.29, 1.82) is 0 Å². The van der Waals surface area contributed by atoms with Crippen molar-refractivity contribution in [2.24, 2.45) is 5.73 Å². The first-order chi connectivity index (χ1) is 8.86. The van der Waals surface area contributed by atoms with Gasteiger partial charge in [0.15, 0.2) is 0 Å². The molecule has 1 amide bonds. The molecule has 114 valence electrons. The maximum absolute atomic E-state index is 12.3. The van der Waals surface area contributed by atoms with Crippen molar-refractivity contribution in [3.8, 4) is 0 Å². The Labute approximate surface area is 126 Å². The minimum absolute atomic E-state index is 0. The molecule has 5 nitrogen and oxygen atoms in total. The highest BCUT2D eigenvalue weighted by molar-refractivity contribution is 5.93. The van der Waals surface area contributed by atoms with E-state index in [-0.39, 0.29) is 29.3 Å². The minimum atomic E-state index is -0.224. The van der Waals surface area contributed by atoms with Crippen LogP contribution in [0.2, 0.25) is 0 Å². The molecule has 1 aliphatic carbocycles. The number of H-pyrrole nitrogens is 1. The molecule has 0 aromatic carbocycles. The van der Waals surface area contributed by atoms with E-state index in [0.717, 1.165) is 31.4 Å². The summed E-state index contributed by atoms with van der Waals surface area (Å²) < 4.78 is 0. The van der Waals surface area contributed by atoms with E-state index in [4.69, 9.17) is 5.73 Å². The van der Waals surface area contributed by atoms with Gasteiger partial charge in [0.05, 0.1) is 5.54 Å². The number of aromatic amines is 1. The topological polar surface area (TPSA) is 83.8 Å². The SMILES string of the molecule is CC(C)(C)c1cc(C(=O)NC2(CN)CCCC2)n[nH]1.Cl. The number of nitrogens with zero attached hydrogens (tertiary/aromatic N) is 1. The number of hydrogen-bond acceptors (Lipinski definition) is 3. The van der Waals surface area contributed by atoms with Crippen molar-refractivity contribution in [2.45, 2.75) is 57.4 Å². The number of nitrogens with one attached hydrogen (secondary N) is 2.